The lowest BCUT2D eigenvalue weighted by atomic mass is 9.80. The van der Waals surface area contributed by atoms with Crippen LogP contribution in [-0.2, 0) is 22.0 Å². The molecule has 0 radical (unpaired) electrons. The van der Waals surface area contributed by atoms with Gasteiger partial charge in [0.05, 0.1) is 25.3 Å². The highest BCUT2D eigenvalue weighted by atomic mass is 32.2. The molecular weight excluding hydrogens is 632 g/mol. The van der Waals surface area contributed by atoms with Crippen molar-refractivity contribution in [3.8, 4) is 11.5 Å². The van der Waals surface area contributed by atoms with Gasteiger partial charge in [-0.1, -0.05) is 18.2 Å². The number of aryl methyl sites for hydroxylation is 1. The number of ether oxygens (including phenoxy) is 2. The highest BCUT2D eigenvalue weighted by Gasteiger charge is 2.46. The Morgan fingerprint density at radius 1 is 1.15 bits per heavy atom. The third kappa shape index (κ3) is 6.04. The van der Waals surface area contributed by atoms with E-state index in [-0.39, 0.29) is 35.4 Å². The van der Waals surface area contributed by atoms with Gasteiger partial charge in [-0.15, -0.1) is 0 Å². The van der Waals surface area contributed by atoms with Gasteiger partial charge in [-0.05, 0) is 67.0 Å². The van der Waals surface area contributed by atoms with Crippen molar-refractivity contribution in [1.82, 2.24) is 23.5 Å². The van der Waals surface area contributed by atoms with Crippen LogP contribution in [0, 0.1) is 12.7 Å². The number of hydrogen-bond donors (Lipinski definition) is 1. The maximum Gasteiger partial charge on any atom is 0.321 e. The number of rotatable bonds is 10. The summed E-state index contributed by atoms with van der Waals surface area (Å²) in [6.07, 6.45) is 5.19. The second-order valence-electron chi connectivity index (χ2n) is 11.7. The van der Waals surface area contributed by atoms with Gasteiger partial charge in [0.15, 0.2) is 0 Å². The van der Waals surface area contributed by atoms with E-state index in [9.17, 15) is 17.6 Å². The van der Waals surface area contributed by atoms with Crippen molar-refractivity contribution in [2.45, 2.75) is 49.0 Å². The van der Waals surface area contributed by atoms with E-state index in [0.717, 1.165) is 18.5 Å². The van der Waals surface area contributed by atoms with E-state index in [2.05, 4.69) is 19.7 Å². The molecule has 0 unspecified atom stereocenters. The first-order chi connectivity index (χ1) is 22.1. The van der Waals surface area contributed by atoms with E-state index < -0.39 is 21.5 Å². The molecule has 1 aliphatic heterocycles. The maximum atomic E-state index is 14.7. The molecule has 1 N–H and O–H groups in total. The van der Waals surface area contributed by atoms with Crippen LogP contribution in [-0.4, -0.2) is 72.4 Å². The number of aromatic nitrogens is 3. The molecule has 0 spiro atoms. The van der Waals surface area contributed by atoms with Crippen molar-refractivity contribution in [2.24, 2.45) is 0 Å². The van der Waals surface area contributed by atoms with Crippen LogP contribution in [0.3, 0.4) is 0 Å². The number of sulfonamides is 1. The highest BCUT2D eigenvalue weighted by Crippen LogP contribution is 2.43. The van der Waals surface area contributed by atoms with Crippen molar-refractivity contribution in [3.63, 3.8) is 0 Å². The Bertz CT molecular complexity index is 1870. The van der Waals surface area contributed by atoms with Gasteiger partial charge >= 0.3 is 6.03 Å². The first kappa shape index (κ1) is 31.8. The quantitative estimate of drug-likeness (QED) is 0.241. The third-order valence-electron chi connectivity index (χ3n) is 8.75. The molecule has 1 saturated carbocycles. The van der Waals surface area contributed by atoms with E-state index >= 15 is 0 Å². The molecular formula is C32H35FN6O5S2. The summed E-state index contributed by atoms with van der Waals surface area (Å²) >= 11 is 1.22. The number of urea groups is 1. The number of amides is 2. The van der Waals surface area contributed by atoms with Crippen LogP contribution in [0.5, 0.6) is 11.5 Å². The number of methoxy groups -OCH3 is 2. The van der Waals surface area contributed by atoms with Crippen LogP contribution in [0.1, 0.15) is 52.6 Å². The van der Waals surface area contributed by atoms with E-state index in [4.69, 9.17) is 9.47 Å². The fourth-order valence-corrected chi connectivity index (χ4v) is 7.79. The van der Waals surface area contributed by atoms with Crippen molar-refractivity contribution < 1.29 is 27.1 Å². The molecule has 1 saturated heterocycles. The molecule has 1 atom stereocenters. The molecule has 46 heavy (non-hydrogen) atoms. The van der Waals surface area contributed by atoms with Crippen molar-refractivity contribution >= 4 is 33.3 Å². The minimum Gasteiger partial charge on any atom is -0.497 e. The first-order valence-corrected chi connectivity index (χ1v) is 17.0. The van der Waals surface area contributed by atoms with Crippen LogP contribution < -0.4 is 14.8 Å². The van der Waals surface area contributed by atoms with Crippen LogP contribution in [0.15, 0.2) is 59.9 Å². The number of carbonyl (C=O) groups excluding carboxylic acids is 1. The fourth-order valence-electron chi connectivity index (χ4n) is 5.83. The molecule has 0 bridgehead atoms. The summed E-state index contributed by atoms with van der Waals surface area (Å²) in [6, 6.07) is 11.5. The molecule has 14 heteroatoms. The molecule has 242 valence electrons. The van der Waals surface area contributed by atoms with Crippen LogP contribution in [0.2, 0.25) is 0 Å². The van der Waals surface area contributed by atoms with Gasteiger partial charge < -0.3 is 19.7 Å². The summed E-state index contributed by atoms with van der Waals surface area (Å²) in [5, 5.41) is 3.57. The molecule has 4 aromatic rings. The van der Waals surface area contributed by atoms with Crippen molar-refractivity contribution in [2.75, 3.05) is 39.7 Å². The largest absolute Gasteiger partial charge is 0.497 e. The molecule has 2 fully saturated rings. The smallest absolute Gasteiger partial charge is 0.321 e. The summed E-state index contributed by atoms with van der Waals surface area (Å²) in [5.41, 5.74) is 2.01. The molecule has 2 amide bonds. The zero-order chi connectivity index (χ0) is 32.6. The Kier molecular flexibility index (Phi) is 8.70. The normalized spacial score (nSPS) is 18.2. The summed E-state index contributed by atoms with van der Waals surface area (Å²) in [4.78, 5) is 24.3. The number of likely N-dealkylation sites (tertiary alicyclic amines) is 1. The SMILES string of the molecule is COc1ccc(CN(C)S(=O)(=O)c2cnc(C3CC3)cc2NC(=O)N2CC[C@](c3ccc(C)c(F)c3)(c3ncns3)C2)c(OC)c1. The zero-order valence-electron chi connectivity index (χ0n) is 26.0. The monoisotopic (exact) mass is 666 g/mol. The van der Waals surface area contributed by atoms with Gasteiger partial charge in [0, 0.05) is 56.1 Å². The Labute approximate surface area is 271 Å². The molecule has 11 nitrogen and oxygen atoms in total. The lowest BCUT2D eigenvalue weighted by Gasteiger charge is -2.28. The number of anilines is 1. The summed E-state index contributed by atoms with van der Waals surface area (Å²) in [5.74, 6) is 0.959. The van der Waals surface area contributed by atoms with Gasteiger partial charge in [0.2, 0.25) is 10.0 Å². The van der Waals surface area contributed by atoms with E-state index in [1.54, 1.807) is 49.3 Å². The highest BCUT2D eigenvalue weighted by molar-refractivity contribution is 7.89. The number of halogens is 1. The molecule has 2 aromatic heterocycles. The second kappa shape index (κ2) is 12.6. The minimum atomic E-state index is -4.12. The van der Waals surface area contributed by atoms with Gasteiger partial charge in [-0.2, -0.15) is 8.68 Å². The Balaban J connectivity index is 1.28. The summed E-state index contributed by atoms with van der Waals surface area (Å²) in [7, 11) is 0.402. The molecule has 2 aliphatic rings. The third-order valence-corrected chi connectivity index (χ3v) is 11.5. The number of pyridine rings is 1. The number of nitrogens with zero attached hydrogens (tertiary/aromatic N) is 5. The Hall–Kier alpha value is -4.14. The van der Waals surface area contributed by atoms with E-state index in [0.29, 0.717) is 46.2 Å². The predicted molar refractivity (Wildman–Crippen MR) is 171 cm³/mol. The summed E-state index contributed by atoms with van der Waals surface area (Å²) in [6.45, 7) is 2.28. The molecule has 1 aliphatic carbocycles. The number of hydrogen-bond acceptors (Lipinski definition) is 9. The average molecular weight is 667 g/mol. The first-order valence-electron chi connectivity index (χ1n) is 14.8. The maximum absolute atomic E-state index is 14.7. The number of benzene rings is 2. The van der Waals surface area contributed by atoms with E-state index in [1.807, 2.05) is 6.07 Å². The second-order valence-corrected chi connectivity index (χ2v) is 14.5. The fraction of sp³-hybridized carbons (Fsp3) is 0.375. The Morgan fingerprint density at radius 2 is 1.96 bits per heavy atom. The Morgan fingerprint density at radius 3 is 2.63 bits per heavy atom. The number of nitrogens with one attached hydrogen (secondary N) is 1. The van der Waals surface area contributed by atoms with Gasteiger partial charge in [-0.25, -0.2) is 22.6 Å². The molecule has 6 rings (SSSR count). The summed E-state index contributed by atoms with van der Waals surface area (Å²) < 4.78 is 58.8. The predicted octanol–water partition coefficient (Wildman–Crippen LogP) is 5.32. The average Bonchev–Trinajstić information content (AvgIpc) is 3.55. The zero-order valence-corrected chi connectivity index (χ0v) is 27.6. The van der Waals surface area contributed by atoms with Crippen LogP contribution >= 0.6 is 11.5 Å². The molecule has 3 heterocycles. The lowest BCUT2D eigenvalue weighted by molar-refractivity contribution is 0.220. The van der Waals surface area contributed by atoms with Crippen LogP contribution in [0.4, 0.5) is 14.9 Å². The van der Waals surface area contributed by atoms with Crippen LogP contribution in [0.25, 0.3) is 0 Å². The molecule has 2 aromatic carbocycles. The van der Waals surface area contributed by atoms with E-state index in [1.165, 1.54) is 48.6 Å². The van der Waals surface area contributed by atoms with Gasteiger partial charge in [-0.3, -0.25) is 4.98 Å². The lowest BCUT2D eigenvalue weighted by Crippen LogP contribution is -2.38. The topological polar surface area (TPSA) is 127 Å². The van der Waals surface area contributed by atoms with Gasteiger partial charge in [0.25, 0.3) is 0 Å². The van der Waals surface area contributed by atoms with Crippen molar-refractivity contribution in [1.29, 1.82) is 0 Å². The minimum absolute atomic E-state index is 0.0108. The number of carbonyl (C=O) groups is 1. The standard InChI is InChI=1S/C32H35FN6O5S2/c1-20-5-9-23(13-25(20)33)32(30-35-19-36-45-30)11-12-39(18-32)31(40)37-27-15-26(21-6-7-21)34-16-29(27)46(41,42)38(2)17-22-8-10-24(43-3)14-28(22)44-4/h5,8-10,13-16,19,21H,6-7,11-12,17-18H2,1-4H3,(H,34,37,40)/t32-/m0/s1. The van der Waals surface area contributed by atoms with Crippen molar-refractivity contribution in [3.05, 3.63) is 88.2 Å². The van der Waals surface area contributed by atoms with Gasteiger partial charge in [0.1, 0.15) is 33.5 Å².